The molecule has 0 N–H and O–H groups in total. The van der Waals surface area contributed by atoms with Crippen LogP contribution in [0.2, 0.25) is 0 Å². The van der Waals surface area contributed by atoms with E-state index in [0.717, 1.165) is 32.2 Å². The average molecular weight is 156 g/mol. The Labute approximate surface area is 67.9 Å². The normalized spacial score (nSPS) is 25.5. The van der Waals surface area contributed by atoms with E-state index < -0.39 is 0 Å². The van der Waals surface area contributed by atoms with Crippen LogP contribution < -0.4 is 0 Å². The summed E-state index contributed by atoms with van der Waals surface area (Å²) in [7, 11) is 0. The van der Waals surface area contributed by atoms with Gasteiger partial charge in [-0.2, -0.15) is 0 Å². The SMILES string of the molecule is CC(C)(C=O)C[C@H]1CCCO1. The Balaban J connectivity index is 2.33. The molecular weight excluding hydrogens is 140 g/mol. The third-order valence-corrected chi connectivity index (χ3v) is 2.10. The Hall–Kier alpha value is -0.370. The van der Waals surface area contributed by atoms with Crippen LogP contribution in [0.3, 0.4) is 0 Å². The van der Waals surface area contributed by atoms with E-state index in [1.807, 2.05) is 13.8 Å². The predicted octanol–water partition coefficient (Wildman–Crippen LogP) is 1.78. The van der Waals surface area contributed by atoms with Crippen molar-refractivity contribution in [2.24, 2.45) is 5.41 Å². The van der Waals surface area contributed by atoms with Crippen LogP contribution in [-0.4, -0.2) is 19.0 Å². The number of ether oxygens (including phenoxy) is 1. The molecule has 0 bridgehead atoms. The first-order chi connectivity index (χ1) is 5.14. The molecule has 1 atom stereocenters. The van der Waals surface area contributed by atoms with Gasteiger partial charge in [0, 0.05) is 12.0 Å². The standard InChI is InChI=1S/C9H16O2/c1-9(2,7-10)6-8-4-3-5-11-8/h7-8H,3-6H2,1-2H3/t8-/m1/s1. The second kappa shape index (κ2) is 3.35. The van der Waals surface area contributed by atoms with Gasteiger partial charge in [-0.1, -0.05) is 13.8 Å². The van der Waals surface area contributed by atoms with Gasteiger partial charge in [0.15, 0.2) is 0 Å². The Morgan fingerprint density at radius 3 is 2.82 bits per heavy atom. The molecule has 2 nitrogen and oxygen atoms in total. The van der Waals surface area contributed by atoms with Crippen molar-refractivity contribution in [3.63, 3.8) is 0 Å². The minimum absolute atomic E-state index is 0.199. The molecule has 0 saturated carbocycles. The Morgan fingerprint density at radius 2 is 2.36 bits per heavy atom. The van der Waals surface area contributed by atoms with Crippen LogP contribution >= 0.6 is 0 Å². The lowest BCUT2D eigenvalue weighted by Crippen LogP contribution is -2.21. The molecule has 0 aromatic heterocycles. The second-order valence-corrected chi connectivity index (χ2v) is 3.95. The zero-order chi connectivity index (χ0) is 8.32. The van der Waals surface area contributed by atoms with E-state index in [4.69, 9.17) is 4.74 Å². The first kappa shape index (κ1) is 8.72. The highest BCUT2D eigenvalue weighted by molar-refractivity contribution is 5.57. The number of hydrogen-bond donors (Lipinski definition) is 0. The predicted molar refractivity (Wildman–Crippen MR) is 43.4 cm³/mol. The van der Waals surface area contributed by atoms with Gasteiger partial charge in [0.25, 0.3) is 0 Å². The van der Waals surface area contributed by atoms with E-state index in [2.05, 4.69) is 0 Å². The molecule has 1 rings (SSSR count). The zero-order valence-corrected chi connectivity index (χ0v) is 7.30. The van der Waals surface area contributed by atoms with Crippen molar-refractivity contribution in [1.82, 2.24) is 0 Å². The largest absolute Gasteiger partial charge is 0.378 e. The summed E-state index contributed by atoms with van der Waals surface area (Å²) in [5.41, 5.74) is -0.199. The molecule has 1 fully saturated rings. The lowest BCUT2D eigenvalue weighted by atomic mass is 9.88. The molecule has 0 radical (unpaired) electrons. The van der Waals surface area contributed by atoms with Gasteiger partial charge < -0.3 is 9.53 Å². The molecule has 0 spiro atoms. The molecule has 1 aliphatic rings. The van der Waals surface area contributed by atoms with Gasteiger partial charge in [-0.15, -0.1) is 0 Å². The van der Waals surface area contributed by atoms with Crippen molar-refractivity contribution >= 4 is 6.29 Å². The van der Waals surface area contributed by atoms with Gasteiger partial charge >= 0.3 is 0 Å². The zero-order valence-electron chi connectivity index (χ0n) is 7.30. The molecule has 0 aromatic carbocycles. The molecule has 0 amide bonds. The molecule has 1 aliphatic heterocycles. The van der Waals surface area contributed by atoms with E-state index in [1.165, 1.54) is 0 Å². The first-order valence-corrected chi connectivity index (χ1v) is 4.22. The first-order valence-electron chi connectivity index (χ1n) is 4.22. The smallest absolute Gasteiger partial charge is 0.125 e. The molecule has 0 aliphatic carbocycles. The molecule has 0 unspecified atom stereocenters. The Morgan fingerprint density at radius 1 is 1.64 bits per heavy atom. The number of carbonyl (C=O) groups is 1. The van der Waals surface area contributed by atoms with E-state index in [0.29, 0.717) is 6.10 Å². The van der Waals surface area contributed by atoms with E-state index in [9.17, 15) is 4.79 Å². The van der Waals surface area contributed by atoms with E-state index in [1.54, 1.807) is 0 Å². The maximum Gasteiger partial charge on any atom is 0.125 e. The lowest BCUT2D eigenvalue weighted by Gasteiger charge is -2.20. The quantitative estimate of drug-likeness (QED) is 0.582. The number of carbonyl (C=O) groups excluding carboxylic acids is 1. The topological polar surface area (TPSA) is 26.3 Å². The fraction of sp³-hybridized carbons (Fsp3) is 0.889. The van der Waals surface area contributed by atoms with Crippen LogP contribution in [0.1, 0.15) is 33.1 Å². The summed E-state index contributed by atoms with van der Waals surface area (Å²) in [5, 5.41) is 0. The van der Waals surface area contributed by atoms with Gasteiger partial charge in [-0.3, -0.25) is 0 Å². The van der Waals surface area contributed by atoms with Crippen LogP contribution in [-0.2, 0) is 9.53 Å². The summed E-state index contributed by atoms with van der Waals surface area (Å²) in [6.07, 6.45) is 4.50. The summed E-state index contributed by atoms with van der Waals surface area (Å²) in [5.74, 6) is 0. The molecule has 0 aromatic rings. The minimum Gasteiger partial charge on any atom is -0.378 e. The van der Waals surface area contributed by atoms with E-state index in [-0.39, 0.29) is 5.41 Å². The molecule has 11 heavy (non-hydrogen) atoms. The second-order valence-electron chi connectivity index (χ2n) is 3.95. The van der Waals surface area contributed by atoms with Gasteiger partial charge in [-0.05, 0) is 19.3 Å². The summed E-state index contributed by atoms with van der Waals surface area (Å²) in [6.45, 7) is 4.79. The molecule has 1 saturated heterocycles. The van der Waals surface area contributed by atoms with Crippen molar-refractivity contribution in [2.75, 3.05) is 6.61 Å². The van der Waals surface area contributed by atoms with Crippen LogP contribution in [0.15, 0.2) is 0 Å². The fourth-order valence-electron chi connectivity index (χ4n) is 1.44. The third kappa shape index (κ3) is 2.62. The molecule has 64 valence electrons. The number of hydrogen-bond acceptors (Lipinski definition) is 2. The van der Waals surface area contributed by atoms with Crippen molar-refractivity contribution in [2.45, 2.75) is 39.2 Å². The highest BCUT2D eigenvalue weighted by Gasteiger charge is 2.25. The van der Waals surface area contributed by atoms with Crippen molar-refractivity contribution in [3.8, 4) is 0 Å². The summed E-state index contributed by atoms with van der Waals surface area (Å²) in [4.78, 5) is 10.6. The third-order valence-electron chi connectivity index (χ3n) is 2.10. The molecule has 1 heterocycles. The Bertz CT molecular complexity index is 134. The maximum absolute atomic E-state index is 10.6. The fourth-order valence-corrected chi connectivity index (χ4v) is 1.44. The summed E-state index contributed by atoms with van der Waals surface area (Å²) < 4.78 is 5.43. The molecule has 2 heteroatoms. The maximum atomic E-state index is 10.6. The number of aldehydes is 1. The van der Waals surface area contributed by atoms with Crippen molar-refractivity contribution in [1.29, 1.82) is 0 Å². The van der Waals surface area contributed by atoms with Crippen molar-refractivity contribution < 1.29 is 9.53 Å². The van der Waals surface area contributed by atoms with Gasteiger partial charge in [0.2, 0.25) is 0 Å². The molecular formula is C9H16O2. The van der Waals surface area contributed by atoms with Crippen molar-refractivity contribution in [3.05, 3.63) is 0 Å². The van der Waals surface area contributed by atoms with Gasteiger partial charge in [0.05, 0.1) is 6.10 Å². The minimum atomic E-state index is -0.199. The van der Waals surface area contributed by atoms with Crippen LogP contribution in [0, 0.1) is 5.41 Å². The average Bonchev–Trinajstić information content (AvgIpc) is 2.39. The number of rotatable bonds is 3. The lowest BCUT2D eigenvalue weighted by molar-refractivity contribution is -0.116. The summed E-state index contributed by atoms with van der Waals surface area (Å²) >= 11 is 0. The van der Waals surface area contributed by atoms with Crippen LogP contribution in [0.4, 0.5) is 0 Å². The Kier molecular flexibility index (Phi) is 2.66. The van der Waals surface area contributed by atoms with E-state index >= 15 is 0 Å². The van der Waals surface area contributed by atoms with Gasteiger partial charge in [0.1, 0.15) is 6.29 Å². The summed E-state index contributed by atoms with van der Waals surface area (Å²) in [6, 6.07) is 0. The monoisotopic (exact) mass is 156 g/mol. The van der Waals surface area contributed by atoms with Gasteiger partial charge in [-0.25, -0.2) is 0 Å². The highest BCUT2D eigenvalue weighted by atomic mass is 16.5. The van der Waals surface area contributed by atoms with Crippen LogP contribution in [0.5, 0.6) is 0 Å². The highest BCUT2D eigenvalue weighted by Crippen LogP contribution is 2.26. The van der Waals surface area contributed by atoms with Crippen LogP contribution in [0.25, 0.3) is 0 Å².